The van der Waals surface area contributed by atoms with Gasteiger partial charge in [0.25, 0.3) is 5.91 Å². The van der Waals surface area contributed by atoms with Crippen molar-refractivity contribution in [3.63, 3.8) is 0 Å². The Morgan fingerprint density at radius 2 is 2.00 bits per heavy atom. The maximum atomic E-state index is 13.1. The molecule has 118 valence electrons. The number of hydrogen-bond donors (Lipinski definition) is 1. The second-order valence-corrected chi connectivity index (χ2v) is 5.55. The Balaban J connectivity index is 1.48. The third-order valence-electron chi connectivity index (χ3n) is 3.86. The Hall–Kier alpha value is -2.69. The molecule has 23 heavy (non-hydrogen) atoms. The summed E-state index contributed by atoms with van der Waals surface area (Å²) in [5.74, 6) is -0.599. The highest BCUT2D eigenvalue weighted by atomic mass is 19.1. The zero-order valence-corrected chi connectivity index (χ0v) is 12.6. The van der Waals surface area contributed by atoms with Gasteiger partial charge in [0, 0.05) is 18.7 Å². The molecular weight excluding hydrogens is 295 g/mol. The first-order chi connectivity index (χ1) is 11.1. The van der Waals surface area contributed by atoms with Crippen LogP contribution in [-0.2, 0) is 17.8 Å². The third-order valence-corrected chi connectivity index (χ3v) is 3.86. The minimum absolute atomic E-state index is 0.0384. The average Bonchev–Trinajstić information content (AvgIpc) is 2.84. The molecule has 2 amide bonds. The standard InChI is InChI=1S/C18H17FN2O2/c19-15-6-3-4-13(10-15)8-9-20-17(22)12-21-11-14-5-1-2-7-16(14)18(21)23/h1-7,10H,8-9,11-12H2,(H,20,22). The fraction of sp³-hybridized carbons (Fsp3) is 0.222. The topological polar surface area (TPSA) is 49.4 Å². The van der Waals surface area contributed by atoms with E-state index in [2.05, 4.69) is 5.32 Å². The Bertz CT molecular complexity index is 745. The zero-order valence-electron chi connectivity index (χ0n) is 12.6. The lowest BCUT2D eigenvalue weighted by Crippen LogP contribution is -2.38. The molecule has 5 heteroatoms. The van der Waals surface area contributed by atoms with E-state index in [4.69, 9.17) is 0 Å². The molecule has 0 bridgehead atoms. The second-order valence-electron chi connectivity index (χ2n) is 5.55. The van der Waals surface area contributed by atoms with Gasteiger partial charge in [0.05, 0.1) is 0 Å². The van der Waals surface area contributed by atoms with Gasteiger partial charge in [-0.15, -0.1) is 0 Å². The van der Waals surface area contributed by atoms with Crippen LogP contribution < -0.4 is 5.32 Å². The summed E-state index contributed by atoms with van der Waals surface area (Å²) in [5, 5.41) is 2.77. The molecule has 3 rings (SSSR count). The van der Waals surface area contributed by atoms with Crippen LogP contribution in [0.15, 0.2) is 48.5 Å². The van der Waals surface area contributed by atoms with Crippen LogP contribution in [0.4, 0.5) is 4.39 Å². The van der Waals surface area contributed by atoms with Crippen molar-refractivity contribution in [2.75, 3.05) is 13.1 Å². The number of carbonyl (C=O) groups excluding carboxylic acids is 2. The lowest BCUT2D eigenvalue weighted by molar-refractivity contribution is -0.121. The number of fused-ring (bicyclic) bond motifs is 1. The number of nitrogens with zero attached hydrogens (tertiary/aromatic N) is 1. The zero-order chi connectivity index (χ0) is 16.2. The van der Waals surface area contributed by atoms with Crippen LogP contribution in [0.1, 0.15) is 21.5 Å². The summed E-state index contributed by atoms with van der Waals surface area (Å²) in [6.45, 7) is 0.917. The van der Waals surface area contributed by atoms with Crippen LogP contribution >= 0.6 is 0 Å². The van der Waals surface area contributed by atoms with Crippen LogP contribution in [0.5, 0.6) is 0 Å². The summed E-state index contributed by atoms with van der Waals surface area (Å²) in [6.07, 6.45) is 0.553. The first-order valence-electron chi connectivity index (χ1n) is 7.52. The van der Waals surface area contributed by atoms with E-state index in [0.29, 0.717) is 25.1 Å². The summed E-state index contributed by atoms with van der Waals surface area (Å²) < 4.78 is 13.1. The Morgan fingerprint density at radius 3 is 2.78 bits per heavy atom. The van der Waals surface area contributed by atoms with Gasteiger partial charge in [-0.1, -0.05) is 30.3 Å². The number of carbonyl (C=O) groups is 2. The number of benzene rings is 2. The fourth-order valence-electron chi connectivity index (χ4n) is 2.71. The molecule has 1 heterocycles. The maximum Gasteiger partial charge on any atom is 0.254 e. The number of rotatable bonds is 5. The normalized spacial score (nSPS) is 13.1. The van der Waals surface area contributed by atoms with E-state index in [1.807, 2.05) is 24.3 Å². The third kappa shape index (κ3) is 3.56. The molecule has 1 aliphatic heterocycles. The Morgan fingerprint density at radius 1 is 1.17 bits per heavy atom. The quantitative estimate of drug-likeness (QED) is 0.919. The van der Waals surface area contributed by atoms with E-state index in [1.165, 1.54) is 17.0 Å². The molecule has 2 aromatic carbocycles. The van der Waals surface area contributed by atoms with E-state index >= 15 is 0 Å². The highest BCUT2D eigenvalue weighted by Crippen LogP contribution is 2.21. The summed E-state index contributed by atoms with van der Waals surface area (Å²) in [6, 6.07) is 13.7. The van der Waals surface area contributed by atoms with E-state index in [9.17, 15) is 14.0 Å². The van der Waals surface area contributed by atoms with Crippen molar-refractivity contribution in [2.24, 2.45) is 0 Å². The predicted molar refractivity (Wildman–Crippen MR) is 84.3 cm³/mol. The molecule has 0 fully saturated rings. The van der Waals surface area contributed by atoms with Gasteiger partial charge in [0.2, 0.25) is 5.91 Å². The molecule has 1 aliphatic rings. The van der Waals surface area contributed by atoms with Gasteiger partial charge >= 0.3 is 0 Å². The van der Waals surface area contributed by atoms with Crippen LogP contribution in [0, 0.1) is 5.82 Å². The van der Waals surface area contributed by atoms with E-state index in [0.717, 1.165) is 11.1 Å². The summed E-state index contributed by atoms with van der Waals surface area (Å²) in [4.78, 5) is 25.7. The number of halogens is 1. The minimum Gasteiger partial charge on any atom is -0.354 e. The first kappa shape index (κ1) is 15.2. The van der Waals surface area contributed by atoms with Crippen LogP contribution in [0.25, 0.3) is 0 Å². The molecule has 0 atom stereocenters. The molecule has 0 saturated heterocycles. The first-order valence-corrected chi connectivity index (χ1v) is 7.52. The van der Waals surface area contributed by atoms with Gasteiger partial charge in [-0.3, -0.25) is 9.59 Å². The molecular formula is C18H17FN2O2. The molecule has 0 unspecified atom stereocenters. The van der Waals surface area contributed by atoms with Crippen molar-refractivity contribution >= 4 is 11.8 Å². The Labute approximate surface area is 133 Å². The van der Waals surface area contributed by atoms with Gasteiger partial charge in [0.1, 0.15) is 12.4 Å². The lowest BCUT2D eigenvalue weighted by atomic mass is 10.1. The van der Waals surface area contributed by atoms with Crippen molar-refractivity contribution in [1.29, 1.82) is 0 Å². The number of hydrogen-bond acceptors (Lipinski definition) is 2. The van der Waals surface area contributed by atoms with E-state index in [-0.39, 0.29) is 24.2 Å². The fourth-order valence-corrected chi connectivity index (χ4v) is 2.71. The summed E-state index contributed by atoms with van der Waals surface area (Å²) in [5.41, 5.74) is 2.44. The van der Waals surface area contributed by atoms with Crippen LogP contribution in [0.3, 0.4) is 0 Å². The molecule has 0 aliphatic carbocycles. The number of amides is 2. The predicted octanol–water partition coefficient (Wildman–Crippen LogP) is 2.14. The van der Waals surface area contributed by atoms with Gasteiger partial charge in [-0.2, -0.15) is 0 Å². The highest BCUT2D eigenvalue weighted by Gasteiger charge is 2.27. The largest absolute Gasteiger partial charge is 0.354 e. The van der Waals surface area contributed by atoms with Crippen molar-refractivity contribution in [1.82, 2.24) is 10.2 Å². The summed E-state index contributed by atoms with van der Waals surface area (Å²) >= 11 is 0. The summed E-state index contributed by atoms with van der Waals surface area (Å²) in [7, 11) is 0. The highest BCUT2D eigenvalue weighted by molar-refractivity contribution is 6.00. The molecule has 0 saturated carbocycles. The molecule has 0 aromatic heterocycles. The monoisotopic (exact) mass is 312 g/mol. The second kappa shape index (κ2) is 6.60. The SMILES string of the molecule is O=C(CN1Cc2ccccc2C1=O)NCCc1cccc(F)c1. The Kier molecular flexibility index (Phi) is 4.37. The molecule has 1 N–H and O–H groups in total. The smallest absolute Gasteiger partial charge is 0.254 e. The maximum absolute atomic E-state index is 13.1. The minimum atomic E-state index is -0.283. The molecule has 0 spiro atoms. The van der Waals surface area contributed by atoms with Crippen LogP contribution in [-0.4, -0.2) is 29.8 Å². The molecule has 0 radical (unpaired) electrons. The van der Waals surface area contributed by atoms with Gasteiger partial charge in [-0.25, -0.2) is 4.39 Å². The lowest BCUT2D eigenvalue weighted by Gasteiger charge is -2.15. The van der Waals surface area contributed by atoms with Crippen molar-refractivity contribution in [3.8, 4) is 0 Å². The molecule has 2 aromatic rings. The average molecular weight is 312 g/mol. The van der Waals surface area contributed by atoms with Gasteiger partial charge in [0.15, 0.2) is 0 Å². The van der Waals surface area contributed by atoms with Crippen LogP contribution in [0.2, 0.25) is 0 Å². The number of nitrogens with one attached hydrogen (secondary N) is 1. The van der Waals surface area contributed by atoms with Gasteiger partial charge < -0.3 is 10.2 Å². The van der Waals surface area contributed by atoms with Crippen molar-refractivity contribution in [2.45, 2.75) is 13.0 Å². The molecule has 4 nitrogen and oxygen atoms in total. The van der Waals surface area contributed by atoms with Crippen molar-refractivity contribution in [3.05, 3.63) is 71.0 Å². The van der Waals surface area contributed by atoms with Gasteiger partial charge in [-0.05, 0) is 35.7 Å². The van der Waals surface area contributed by atoms with E-state index in [1.54, 1.807) is 12.1 Å². The van der Waals surface area contributed by atoms with E-state index < -0.39 is 0 Å². The van der Waals surface area contributed by atoms with Crippen molar-refractivity contribution < 1.29 is 14.0 Å².